The van der Waals surface area contributed by atoms with E-state index in [-0.39, 0.29) is 24.5 Å². The summed E-state index contributed by atoms with van der Waals surface area (Å²) < 4.78 is 21.7. The van der Waals surface area contributed by atoms with Crippen molar-refractivity contribution in [1.82, 2.24) is 0 Å². The zero-order valence-corrected chi connectivity index (χ0v) is 17.6. The second-order valence-electron chi connectivity index (χ2n) is 9.87. The Morgan fingerprint density at radius 2 is 1.97 bits per heavy atom. The molecule has 0 heterocycles. The largest absolute Gasteiger partial charge is 0.458 e. The zero-order chi connectivity index (χ0) is 22.1. The Hall–Kier alpha value is -1.86. The molecule has 4 aliphatic carbocycles. The van der Waals surface area contributed by atoms with Crippen LogP contribution >= 0.6 is 0 Å². The third kappa shape index (κ3) is 2.51. The lowest BCUT2D eigenvalue weighted by Gasteiger charge is -2.62. The van der Waals surface area contributed by atoms with Crippen molar-refractivity contribution in [3.8, 4) is 0 Å². The van der Waals surface area contributed by atoms with Crippen molar-refractivity contribution in [3.05, 3.63) is 23.8 Å². The Morgan fingerprint density at radius 1 is 1.27 bits per heavy atom. The van der Waals surface area contributed by atoms with Gasteiger partial charge in [-0.05, 0) is 57.1 Å². The summed E-state index contributed by atoms with van der Waals surface area (Å²) in [5.41, 5.74) is -5.23. The Labute approximate surface area is 175 Å². The summed E-state index contributed by atoms with van der Waals surface area (Å²) in [6, 6.07) is 0. The number of aliphatic hydroxyl groups excluding tert-OH is 1. The van der Waals surface area contributed by atoms with Gasteiger partial charge in [0.25, 0.3) is 0 Å². The van der Waals surface area contributed by atoms with E-state index in [4.69, 9.17) is 4.74 Å². The van der Waals surface area contributed by atoms with Gasteiger partial charge < -0.3 is 14.9 Å². The van der Waals surface area contributed by atoms with Gasteiger partial charge in [-0.15, -0.1) is 0 Å². The first kappa shape index (κ1) is 21.4. The van der Waals surface area contributed by atoms with Gasteiger partial charge in [-0.25, -0.2) is 4.39 Å². The average Bonchev–Trinajstić information content (AvgIpc) is 2.94. The molecule has 3 saturated carbocycles. The molecule has 0 spiro atoms. The quantitative estimate of drug-likeness (QED) is 0.679. The van der Waals surface area contributed by atoms with Crippen LogP contribution in [0, 0.1) is 22.7 Å². The van der Waals surface area contributed by atoms with Crippen LogP contribution in [0.1, 0.15) is 52.9 Å². The molecule has 0 aromatic rings. The van der Waals surface area contributed by atoms with Gasteiger partial charge in [-0.1, -0.05) is 18.6 Å². The Balaban J connectivity index is 1.72. The number of halogens is 1. The lowest BCUT2D eigenvalue weighted by molar-refractivity contribution is -0.217. The van der Waals surface area contributed by atoms with E-state index in [0.717, 1.165) is 0 Å². The number of carbonyl (C=O) groups excluding carboxylic acids is 3. The highest BCUT2D eigenvalue weighted by Gasteiger charge is 2.74. The van der Waals surface area contributed by atoms with E-state index in [9.17, 15) is 24.6 Å². The van der Waals surface area contributed by atoms with E-state index in [1.165, 1.54) is 19.1 Å². The molecule has 2 N–H and O–H groups in total. The van der Waals surface area contributed by atoms with Gasteiger partial charge in [0.2, 0.25) is 5.78 Å². The number of hydrogen-bond acceptors (Lipinski definition) is 6. The predicted molar refractivity (Wildman–Crippen MR) is 105 cm³/mol. The Bertz CT molecular complexity index is 879. The second-order valence-corrected chi connectivity index (χ2v) is 9.87. The normalized spacial score (nSPS) is 47.1. The SMILES string of the molecule is CC(=O)OCC(=O)[C@@]1(O)CC[C@H]2[C@@H]3CCC4=CC(=O)C=C[C@]4(C)[C@]3(F)[C@@H](O)C[C@@]21C. The number of hydrogen-bond donors (Lipinski definition) is 2. The number of allylic oxidation sites excluding steroid dienone is 4. The molecule has 4 aliphatic rings. The summed E-state index contributed by atoms with van der Waals surface area (Å²) in [7, 11) is 0. The first-order chi connectivity index (χ1) is 13.9. The molecule has 0 radical (unpaired) electrons. The molecule has 7 atom stereocenters. The maximum atomic E-state index is 16.9. The number of carbonyl (C=O) groups is 3. The molecule has 3 fully saturated rings. The maximum Gasteiger partial charge on any atom is 0.303 e. The van der Waals surface area contributed by atoms with E-state index in [1.54, 1.807) is 19.9 Å². The standard InChI is InChI=1S/C23H29FO6/c1-13(25)30-12-19(28)22(29)9-7-16-17-5-4-14-10-15(26)6-8-20(14,2)23(17,24)18(27)11-21(16,22)3/h6,8,10,16-18,27,29H,4-5,7,9,11-12H2,1-3H3/t16-,17-,18-,20-,21-,22-,23+/m0/s1. The minimum absolute atomic E-state index is 0.0857. The van der Waals surface area contributed by atoms with Crippen LogP contribution in [0.3, 0.4) is 0 Å². The number of esters is 1. The molecular weight excluding hydrogens is 391 g/mol. The molecule has 0 aromatic carbocycles. The van der Waals surface area contributed by atoms with Gasteiger partial charge in [0.05, 0.1) is 6.10 Å². The van der Waals surface area contributed by atoms with Crippen molar-refractivity contribution in [3.63, 3.8) is 0 Å². The average molecular weight is 420 g/mol. The number of alkyl halides is 1. The number of fused-ring (bicyclic) bond motifs is 5. The number of Topliss-reactive ketones (excluding diaryl/α,β-unsaturated/α-hetero) is 1. The minimum atomic E-state index is -2.00. The summed E-state index contributed by atoms with van der Waals surface area (Å²) in [5.74, 6) is -2.28. The van der Waals surface area contributed by atoms with E-state index in [2.05, 4.69) is 0 Å². The highest BCUT2D eigenvalue weighted by molar-refractivity contribution is 6.01. The minimum Gasteiger partial charge on any atom is -0.458 e. The lowest BCUT2D eigenvalue weighted by Crippen LogP contribution is -2.69. The van der Waals surface area contributed by atoms with Gasteiger partial charge in [-0.2, -0.15) is 0 Å². The van der Waals surface area contributed by atoms with Crippen LogP contribution < -0.4 is 0 Å². The fourth-order valence-electron chi connectivity index (χ4n) is 6.96. The highest BCUT2D eigenvalue weighted by atomic mass is 19.1. The van der Waals surface area contributed by atoms with Gasteiger partial charge in [0.15, 0.2) is 18.1 Å². The number of rotatable bonds is 3. The van der Waals surface area contributed by atoms with E-state index >= 15 is 4.39 Å². The molecule has 6 nitrogen and oxygen atoms in total. The highest BCUT2D eigenvalue weighted by Crippen LogP contribution is 2.69. The maximum absolute atomic E-state index is 16.9. The van der Waals surface area contributed by atoms with Crippen LogP contribution in [0.2, 0.25) is 0 Å². The number of ketones is 2. The van der Waals surface area contributed by atoms with Crippen LogP contribution in [0.25, 0.3) is 0 Å². The Kier molecular flexibility index (Phi) is 4.68. The monoisotopic (exact) mass is 420 g/mol. The molecule has 4 rings (SSSR count). The molecule has 0 aromatic heterocycles. The fourth-order valence-corrected chi connectivity index (χ4v) is 6.96. The van der Waals surface area contributed by atoms with E-state index < -0.39 is 52.5 Å². The Morgan fingerprint density at radius 3 is 2.63 bits per heavy atom. The first-order valence-corrected chi connectivity index (χ1v) is 10.6. The summed E-state index contributed by atoms with van der Waals surface area (Å²) in [5, 5.41) is 22.6. The smallest absolute Gasteiger partial charge is 0.303 e. The number of ether oxygens (including phenoxy) is 1. The van der Waals surface area contributed by atoms with Crippen molar-refractivity contribution < 1.29 is 33.7 Å². The van der Waals surface area contributed by atoms with Crippen molar-refractivity contribution in [2.75, 3.05) is 6.61 Å². The van der Waals surface area contributed by atoms with Gasteiger partial charge in [-0.3, -0.25) is 14.4 Å². The van der Waals surface area contributed by atoms with Gasteiger partial charge >= 0.3 is 5.97 Å². The predicted octanol–water partition coefficient (Wildman–Crippen LogP) is 2.22. The molecule has 0 bridgehead atoms. The molecular formula is C23H29FO6. The fraction of sp³-hybridized carbons (Fsp3) is 0.696. The van der Waals surface area contributed by atoms with E-state index in [1.807, 2.05) is 0 Å². The molecule has 164 valence electrons. The van der Waals surface area contributed by atoms with Crippen molar-refractivity contribution in [2.24, 2.45) is 22.7 Å². The summed E-state index contributed by atoms with van der Waals surface area (Å²) in [4.78, 5) is 35.8. The third-order valence-corrected chi connectivity index (χ3v) is 8.66. The van der Waals surface area contributed by atoms with Gasteiger partial charge in [0, 0.05) is 23.7 Å². The van der Waals surface area contributed by atoms with E-state index in [0.29, 0.717) is 24.8 Å². The van der Waals surface area contributed by atoms with Crippen LogP contribution in [-0.4, -0.2) is 51.7 Å². The van der Waals surface area contributed by atoms with Crippen molar-refractivity contribution in [1.29, 1.82) is 0 Å². The second kappa shape index (κ2) is 6.57. The molecule has 0 aliphatic heterocycles. The van der Waals surface area contributed by atoms with Gasteiger partial charge in [0.1, 0.15) is 5.60 Å². The summed E-state index contributed by atoms with van der Waals surface area (Å²) >= 11 is 0. The molecule has 7 heteroatoms. The zero-order valence-electron chi connectivity index (χ0n) is 17.6. The summed E-state index contributed by atoms with van der Waals surface area (Å²) in [6.45, 7) is 4.12. The van der Waals surface area contributed by atoms with Crippen molar-refractivity contribution >= 4 is 17.5 Å². The first-order valence-electron chi connectivity index (χ1n) is 10.6. The third-order valence-electron chi connectivity index (χ3n) is 8.66. The molecule has 30 heavy (non-hydrogen) atoms. The molecule has 0 unspecified atom stereocenters. The van der Waals surface area contributed by atoms with Crippen molar-refractivity contribution in [2.45, 2.75) is 70.2 Å². The topological polar surface area (TPSA) is 101 Å². The van der Waals surface area contributed by atoms with Crippen LogP contribution in [0.5, 0.6) is 0 Å². The van der Waals surface area contributed by atoms with Crippen LogP contribution in [0.4, 0.5) is 4.39 Å². The summed E-state index contributed by atoms with van der Waals surface area (Å²) in [6.07, 6.45) is 4.47. The molecule has 0 saturated heterocycles. The number of aliphatic hydroxyl groups is 2. The lowest BCUT2D eigenvalue weighted by atomic mass is 9.44. The van der Waals surface area contributed by atoms with Crippen LogP contribution in [-0.2, 0) is 19.1 Å². The molecule has 0 amide bonds. The van der Waals surface area contributed by atoms with Crippen LogP contribution in [0.15, 0.2) is 23.8 Å².